The van der Waals surface area contributed by atoms with Gasteiger partial charge in [-0.25, -0.2) is 0 Å². The zero-order chi connectivity index (χ0) is 15.0. The van der Waals surface area contributed by atoms with E-state index in [0.717, 1.165) is 5.69 Å². The first-order chi connectivity index (χ1) is 10.0. The molecule has 0 aliphatic carbocycles. The Kier molecular flexibility index (Phi) is 3.42. The van der Waals surface area contributed by atoms with E-state index in [4.69, 9.17) is 5.73 Å². The van der Waals surface area contributed by atoms with Crippen LogP contribution in [0, 0.1) is 20.8 Å². The summed E-state index contributed by atoms with van der Waals surface area (Å²) in [6, 6.07) is 15.3. The normalized spacial score (nSPS) is 18.0. The number of nitrogens with two attached hydrogens (primary N) is 1. The number of benzene rings is 2. The van der Waals surface area contributed by atoms with Crippen LogP contribution in [0.5, 0.6) is 0 Å². The molecule has 0 saturated heterocycles. The van der Waals surface area contributed by atoms with Gasteiger partial charge < -0.3 is 10.6 Å². The molecule has 0 bridgehead atoms. The maximum atomic E-state index is 6.13. The lowest BCUT2D eigenvalue weighted by Crippen LogP contribution is -2.36. The van der Waals surface area contributed by atoms with Gasteiger partial charge in [-0.1, -0.05) is 47.0 Å². The number of rotatable bonds is 2. The Morgan fingerprint density at radius 3 is 2.19 bits per heavy atom. The third kappa shape index (κ3) is 2.64. The van der Waals surface area contributed by atoms with Gasteiger partial charge in [0, 0.05) is 5.69 Å². The second-order valence-corrected chi connectivity index (χ2v) is 5.84. The topological polar surface area (TPSA) is 41.6 Å². The van der Waals surface area contributed by atoms with Crippen molar-refractivity contribution in [1.82, 2.24) is 0 Å². The Balaban J connectivity index is 2.00. The van der Waals surface area contributed by atoms with E-state index in [1.165, 1.54) is 22.3 Å². The summed E-state index contributed by atoms with van der Waals surface area (Å²) in [5.74, 6) is 0.600. The first-order valence-corrected chi connectivity index (χ1v) is 7.28. The van der Waals surface area contributed by atoms with Crippen molar-refractivity contribution in [2.45, 2.75) is 26.8 Å². The first kappa shape index (κ1) is 13.7. The minimum Gasteiger partial charge on any atom is -0.369 e. The van der Waals surface area contributed by atoms with E-state index in [-0.39, 0.29) is 6.04 Å². The highest BCUT2D eigenvalue weighted by Gasteiger charge is 2.28. The number of aryl methyl sites for hydroxylation is 3. The van der Waals surface area contributed by atoms with Gasteiger partial charge in [0.25, 0.3) is 0 Å². The fourth-order valence-corrected chi connectivity index (χ4v) is 2.97. The van der Waals surface area contributed by atoms with Crippen LogP contribution in [-0.4, -0.2) is 12.5 Å². The van der Waals surface area contributed by atoms with Crippen molar-refractivity contribution >= 4 is 11.6 Å². The Morgan fingerprint density at radius 1 is 0.952 bits per heavy atom. The smallest absolute Gasteiger partial charge is 0.196 e. The van der Waals surface area contributed by atoms with Crippen molar-refractivity contribution in [1.29, 1.82) is 0 Å². The SMILES string of the molecule is Cc1ccc(N2C(N)=NCC2c2cc(C)cc(C)c2)cc1. The fraction of sp³-hybridized carbons (Fsp3) is 0.278. The molecule has 2 N–H and O–H groups in total. The maximum Gasteiger partial charge on any atom is 0.196 e. The second kappa shape index (κ2) is 5.24. The average molecular weight is 279 g/mol. The molecule has 0 amide bonds. The van der Waals surface area contributed by atoms with Gasteiger partial charge in [-0.15, -0.1) is 0 Å². The summed E-state index contributed by atoms with van der Waals surface area (Å²) < 4.78 is 0. The molecule has 0 spiro atoms. The van der Waals surface area contributed by atoms with E-state index in [9.17, 15) is 0 Å². The lowest BCUT2D eigenvalue weighted by atomic mass is 10.0. The van der Waals surface area contributed by atoms with Crippen LogP contribution in [0.15, 0.2) is 47.5 Å². The monoisotopic (exact) mass is 279 g/mol. The molecule has 3 rings (SSSR count). The summed E-state index contributed by atoms with van der Waals surface area (Å²) in [5.41, 5.74) is 12.3. The maximum absolute atomic E-state index is 6.13. The molecule has 0 aromatic heterocycles. The van der Waals surface area contributed by atoms with Crippen LogP contribution >= 0.6 is 0 Å². The lowest BCUT2D eigenvalue weighted by molar-refractivity contribution is 0.766. The standard InChI is InChI=1S/C18H21N3/c1-12-4-6-16(7-5-12)21-17(11-20-18(21)19)15-9-13(2)8-14(3)10-15/h4-10,17H,11H2,1-3H3,(H2,19,20). The van der Waals surface area contributed by atoms with Gasteiger partial charge in [-0.05, 0) is 38.5 Å². The summed E-state index contributed by atoms with van der Waals surface area (Å²) in [7, 11) is 0. The molecule has 1 aliphatic heterocycles. The van der Waals surface area contributed by atoms with Crippen LogP contribution in [0.3, 0.4) is 0 Å². The van der Waals surface area contributed by atoms with E-state index in [2.05, 4.69) is 73.1 Å². The van der Waals surface area contributed by atoms with Gasteiger partial charge in [-0.3, -0.25) is 4.99 Å². The molecule has 0 saturated carbocycles. The predicted molar refractivity (Wildman–Crippen MR) is 88.8 cm³/mol. The van der Waals surface area contributed by atoms with Gasteiger partial charge in [0.1, 0.15) is 0 Å². The van der Waals surface area contributed by atoms with Crippen LogP contribution in [0.4, 0.5) is 5.69 Å². The van der Waals surface area contributed by atoms with Crippen molar-refractivity contribution in [3.63, 3.8) is 0 Å². The minimum absolute atomic E-state index is 0.186. The van der Waals surface area contributed by atoms with Gasteiger partial charge in [-0.2, -0.15) is 0 Å². The zero-order valence-electron chi connectivity index (χ0n) is 12.8. The molecule has 2 aromatic rings. The molecule has 1 heterocycles. The molecule has 21 heavy (non-hydrogen) atoms. The Bertz CT molecular complexity index is 666. The second-order valence-electron chi connectivity index (χ2n) is 5.84. The highest BCUT2D eigenvalue weighted by Crippen LogP contribution is 2.32. The third-order valence-electron chi connectivity index (χ3n) is 3.93. The van der Waals surface area contributed by atoms with Crippen molar-refractivity contribution in [3.05, 3.63) is 64.7 Å². The van der Waals surface area contributed by atoms with Crippen molar-refractivity contribution in [2.24, 2.45) is 10.7 Å². The van der Waals surface area contributed by atoms with Crippen molar-refractivity contribution in [2.75, 3.05) is 11.4 Å². The van der Waals surface area contributed by atoms with Crippen molar-refractivity contribution in [3.8, 4) is 0 Å². The highest BCUT2D eigenvalue weighted by atomic mass is 15.3. The molecule has 1 unspecified atom stereocenters. The number of nitrogens with zero attached hydrogens (tertiary/aromatic N) is 2. The summed E-state index contributed by atoms with van der Waals surface area (Å²) in [6.07, 6.45) is 0. The molecule has 1 atom stereocenters. The summed E-state index contributed by atoms with van der Waals surface area (Å²) in [4.78, 5) is 6.59. The van der Waals surface area contributed by atoms with Crippen LogP contribution in [0.1, 0.15) is 28.3 Å². The minimum atomic E-state index is 0.186. The predicted octanol–water partition coefficient (Wildman–Crippen LogP) is 3.49. The lowest BCUT2D eigenvalue weighted by Gasteiger charge is -2.27. The quantitative estimate of drug-likeness (QED) is 0.914. The van der Waals surface area contributed by atoms with Gasteiger partial charge >= 0.3 is 0 Å². The molecule has 1 aliphatic rings. The first-order valence-electron chi connectivity index (χ1n) is 7.28. The van der Waals surface area contributed by atoms with Crippen LogP contribution in [-0.2, 0) is 0 Å². The van der Waals surface area contributed by atoms with Crippen LogP contribution in [0.2, 0.25) is 0 Å². The molecule has 3 nitrogen and oxygen atoms in total. The molecular formula is C18H21N3. The highest BCUT2D eigenvalue weighted by molar-refractivity contribution is 5.97. The van der Waals surface area contributed by atoms with E-state index in [0.29, 0.717) is 12.5 Å². The number of guanidine groups is 1. The van der Waals surface area contributed by atoms with Gasteiger partial charge in [0.05, 0.1) is 12.6 Å². The third-order valence-corrected chi connectivity index (χ3v) is 3.93. The van der Waals surface area contributed by atoms with Gasteiger partial charge in [0.2, 0.25) is 0 Å². The fourth-order valence-electron chi connectivity index (χ4n) is 2.97. The number of hydrogen-bond donors (Lipinski definition) is 1. The number of hydrogen-bond acceptors (Lipinski definition) is 3. The molecule has 3 heteroatoms. The Labute approximate surface area is 126 Å². The summed E-state index contributed by atoms with van der Waals surface area (Å²) in [6.45, 7) is 7.06. The van der Waals surface area contributed by atoms with Crippen LogP contribution in [0.25, 0.3) is 0 Å². The Morgan fingerprint density at radius 2 is 1.57 bits per heavy atom. The van der Waals surface area contributed by atoms with Crippen LogP contribution < -0.4 is 10.6 Å². The summed E-state index contributed by atoms with van der Waals surface area (Å²) >= 11 is 0. The summed E-state index contributed by atoms with van der Waals surface area (Å²) in [5, 5.41) is 0. The van der Waals surface area contributed by atoms with E-state index in [1.807, 2.05) is 0 Å². The molecular weight excluding hydrogens is 258 g/mol. The van der Waals surface area contributed by atoms with Gasteiger partial charge in [0.15, 0.2) is 5.96 Å². The van der Waals surface area contributed by atoms with E-state index in [1.54, 1.807) is 0 Å². The number of anilines is 1. The molecule has 0 fully saturated rings. The van der Waals surface area contributed by atoms with E-state index < -0.39 is 0 Å². The molecule has 0 radical (unpaired) electrons. The average Bonchev–Trinajstić information content (AvgIpc) is 2.80. The molecule has 2 aromatic carbocycles. The van der Waals surface area contributed by atoms with Crippen molar-refractivity contribution < 1.29 is 0 Å². The zero-order valence-corrected chi connectivity index (χ0v) is 12.8. The Hall–Kier alpha value is -2.29. The largest absolute Gasteiger partial charge is 0.369 e. The van der Waals surface area contributed by atoms with E-state index >= 15 is 0 Å². The number of aliphatic imine (C=N–C) groups is 1. The molecule has 108 valence electrons.